The van der Waals surface area contributed by atoms with Gasteiger partial charge in [-0.3, -0.25) is 4.90 Å². The van der Waals surface area contributed by atoms with Crippen LogP contribution in [0.4, 0.5) is 9.59 Å². The van der Waals surface area contributed by atoms with Gasteiger partial charge in [-0.05, 0) is 46.4 Å². The number of nitrogens with two attached hydrogens (primary N) is 1. The van der Waals surface area contributed by atoms with E-state index >= 15 is 0 Å². The van der Waals surface area contributed by atoms with Crippen molar-refractivity contribution < 1.29 is 9.59 Å². The highest BCUT2D eigenvalue weighted by Crippen LogP contribution is 2.06. The molecule has 1 unspecified atom stereocenters. The van der Waals surface area contributed by atoms with Crippen LogP contribution in [0.3, 0.4) is 0 Å². The van der Waals surface area contributed by atoms with E-state index < -0.39 is 12.2 Å². The lowest BCUT2D eigenvalue weighted by atomic mass is 10.3. The molecule has 0 aromatic rings. The molecule has 1 fully saturated rings. The second-order valence-corrected chi connectivity index (χ2v) is 5.69. The SMILES string of the molecule is CN(C)CCC(NC(N)=O)N(C)C(=O)NCN1CCCC1. The van der Waals surface area contributed by atoms with Gasteiger partial charge in [-0.1, -0.05) is 0 Å². The first kappa shape index (κ1) is 17.5. The Balaban J connectivity index is 2.45. The molecule has 0 radical (unpaired) electrons. The highest BCUT2D eigenvalue weighted by molar-refractivity contribution is 5.76. The molecule has 0 saturated carbocycles. The number of nitrogens with zero attached hydrogens (tertiary/aromatic N) is 3. The number of carbonyl (C=O) groups is 2. The number of likely N-dealkylation sites (tertiary alicyclic amines) is 1. The van der Waals surface area contributed by atoms with E-state index in [-0.39, 0.29) is 6.03 Å². The third-order valence-corrected chi connectivity index (χ3v) is 3.60. The number of hydrogen-bond donors (Lipinski definition) is 3. The van der Waals surface area contributed by atoms with Crippen molar-refractivity contribution in [3.05, 3.63) is 0 Å². The van der Waals surface area contributed by atoms with Gasteiger partial charge in [0.1, 0.15) is 6.17 Å². The Bertz CT molecular complexity index is 344. The van der Waals surface area contributed by atoms with E-state index in [1.807, 2.05) is 19.0 Å². The molecule has 8 nitrogen and oxygen atoms in total. The van der Waals surface area contributed by atoms with Crippen molar-refractivity contribution in [1.29, 1.82) is 0 Å². The molecule has 1 aliphatic rings. The van der Waals surface area contributed by atoms with Crippen molar-refractivity contribution >= 4 is 12.1 Å². The molecule has 21 heavy (non-hydrogen) atoms. The van der Waals surface area contributed by atoms with Gasteiger partial charge < -0.3 is 26.2 Å². The number of urea groups is 2. The van der Waals surface area contributed by atoms with Gasteiger partial charge in [0.15, 0.2) is 0 Å². The summed E-state index contributed by atoms with van der Waals surface area (Å²) in [6, 6.07) is -0.836. The number of nitrogens with one attached hydrogen (secondary N) is 2. The summed E-state index contributed by atoms with van der Waals surface area (Å²) in [4.78, 5) is 28.9. The van der Waals surface area contributed by atoms with Crippen molar-refractivity contribution in [3.63, 3.8) is 0 Å². The van der Waals surface area contributed by atoms with Crippen LogP contribution in [0.1, 0.15) is 19.3 Å². The lowest BCUT2D eigenvalue weighted by Crippen LogP contribution is -2.55. The van der Waals surface area contributed by atoms with E-state index in [1.54, 1.807) is 7.05 Å². The smallest absolute Gasteiger partial charge is 0.319 e. The first-order valence-electron chi connectivity index (χ1n) is 7.34. The lowest BCUT2D eigenvalue weighted by molar-refractivity contribution is 0.163. The number of amides is 4. The number of rotatable bonds is 7. The van der Waals surface area contributed by atoms with E-state index in [0.717, 1.165) is 19.6 Å². The number of hydrogen-bond acceptors (Lipinski definition) is 4. The summed E-state index contributed by atoms with van der Waals surface area (Å²) in [5.74, 6) is 0. The molecule has 4 N–H and O–H groups in total. The highest BCUT2D eigenvalue weighted by atomic mass is 16.2. The van der Waals surface area contributed by atoms with Crippen molar-refractivity contribution in [1.82, 2.24) is 25.3 Å². The third-order valence-electron chi connectivity index (χ3n) is 3.60. The van der Waals surface area contributed by atoms with E-state index in [9.17, 15) is 9.59 Å². The van der Waals surface area contributed by atoms with Crippen LogP contribution >= 0.6 is 0 Å². The van der Waals surface area contributed by atoms with Crippen LogP contribution in [0.2, 0.25) is 0 Å². The topological polar surface area (TPSA) is 93.9 Å². The van der Waals surface area contributed by atoms with Gasteiger partial charge in [0.05, 0.1) is 6.67 Å². The number of primary amides is 1. The molecular formula is C13H28N6O2. The van der Waals surface area contributed by atoms with Crippen LogP contribution in [-0.4, -0.2) is 80.4 Å². The summed E-state index contributed by atoms with van der Waals surface area (Å²) in [7, 11) is 5.54. The summed E-state index contributed by atoms with van der Waals surface area (Å²) in [6.45, 7) is 3.33. The minimum atomic E-state index is -0.627. The zero-order chi connectivity index (χ0) is 15.8. The molecule has 0 bridgehead atoms. The van der Waals surface area contributed by atoms with Crippen molar-refractivity contribution in [2.45, 2.75) is 25.4 Å². The van der Waals surface area contributed by atoms with Gasteiger partial charge >= 0.3 is 12.1 Å². The maximum Gasteiger partial charge on any atom is 0.319 e. The zero-order valence-corrected chi connectivity index (χ0v) is 13.3. The Morgan fingerprint density at radius 1 is 1.24 bits per heavy atom. The summed E-state index contributed by atoms with van der Waals surface area (Å²) in [5.41, 5.74) is 5.18. The van der Waals surface area contributed by atoms with Crippen LogP contribution in [0.5, 0.6) is 0 Å². The molecule has 1 heterocycles. The van der Waals surface area contributed by atoms with Gasteiger partial charge in [-0.25, -0.2) is 9.59 Å². The van der Waals surface area contributed by atoms with Gasteiger partial charge in [0, 0.05) is 13.6 Å². The highest BCUT2D eigenvalue weighted by Gasteiger charge is 2.21. The molecule has 0 spiro atoms. The number of carbonyl (C=O) groups excluding carboxylic acids is 2. The summed E-state index contributed by atoms with van der Waals surface area (Å²) < 4.78 is 0. The largest absolute Gasteiger partial charge is 0.352 e. The molecule has 1 rings (SSSR count). The summed E-state index contributed by atoms with van der Waals surface area (Å²) in [6.07, 6.45) is 2.56. The molecule has 1 atom stereocenters. The van der Waals surface area contributed by atoms with Crippen molar-refractivity contribution in [2.24, 2.45) is 5.73 Å². The second kappa shape index (κ2) is 8.68. The molecule has 0 aromatic heterocycles. The van der Waals surface area contributed by atoms with E-state index in [1.165, 1.54) is 17.7 Å². The van der Waals surface area contributed by atoms with Crippen LogP contribution in [-0.2, 0) is 0 Å². The fourth-order valence-electron chi connectivity index (χ4n) is 2.29. The van der Waals surface area contributed by atoms with Crippen LogP contribution < -0.4 is 16.4 Å². The van der Waals surface area contributed by atoms with Crippen LogP contribution in [0.25, 0.3) is 0 Å². The van der Waals surface area contributed by atoms with E-state index in [2.05, 4.69) is 15.5 Å². The lowest BCUT2D eigenvalue weighted by Gasteiger charge is -2.30. The fraction of sp³-hybridized carbons (Fsp3) is 0.846. The Morgan fingerprint density at radius 2 is 1.86 bits per heavy atom. The standard InChI is InChI=1S/C13H28N6O2/c1-17(2)9-6-11(16-12(14)20)18(3)13(21)15-10-19-7-4-5-8-19/h11H,4-10H2,1-3H3,(H,15,21)(H3,14,16,20). The van der Waals surface area contributed by atoms with E-state index in [4.69, 9.17) is 5.73 Å². The van der Waals surface area contributed by atoms with Crippen LogP contribution in [0, 0.1) is 0 Å². The molecule has 1 saturated heterocycles. The molecule has 0 aromatic carbocycles. The maximum atomic E-state index is 12.1. The Kier molecular flexibility index (Phi) is 7.24. The van der Waals surface area contributed by atoms with Gasteiger partial charge in [-0.15, -0.1) is 0 Å². The summed E-state index contributed by atoms with van der Waals surface area (Å²) in [5, 5.41) is 5.48. The third kappa shape index (κ3) is 6.63. The fourth-order valence-corrected chi connectivity index (χ4v) is 2.29. The Labute approximate surface area is 126 Å². The van der Waals surface area contributed by atoms with Gasteiger partial charge in [-0.2, -0.15) is 0 Å². The predicted octanol–water partition coefficient (Wildman–Crippen LogP) is -0.373. The molecule has 1 aliphatic heterocycles. The Morgan fingerprint density at radius 3 is 2.38 bits per heavy atom. The van der Waals surface area contributed by atoms with E-state index in [0.29, 0.717) is 13.1 Å². The summed E-state index contributed by atoms with van der Waals surface area (Å²) >= 11 is 0. The second-order valence-electron chi connectivity index (χ2n) is 5.69. The zero-order valence-electron chi connectivity index (χ0n) is 13.3. The molecule has 122 valence electrons. The Hall–Kier alpha value is -1.54. The van der Waals surface area contributed by atoms with Gasteiger partial charge in [0.25, 0.3) is 0 Å². The molecular weight excluding hydrogens is 272 g/mol. The van der Waals surface area contributed by atoms with Gasteiger partial charge in [0.2, 0.25) is 0 Å². The minimum absolute atomic E-state index is 0.209. The minimum Gasteiger partial charge on any atom is -0.352 e. The molecule has 4 amide bonds. The predicted molar refractivity (Wildman–Crippen MR) is 81.6 cm³/mol. The maximum absolute atomic E-state index is 12.1. The normalized spacial score (nSPS) is 16.8. The van der Waals surface area contributed by atoms with Crippen LogP contribution in [0.15, 0.2) is 0 Å². The average molecular weight is 300 g/mol. The molecule has 0 aliphatic carbocycles. The average Bonchev–Trinajstić information content (AvgIpc) is 2.92. The quantitative estimate of drug-likeness (QED) is 0.559. The molecule has 8 heteroatoms. The first-order chi connectivity index (χ1) is 9.90. The van der Waals surface area contributed by atoms with Crippen molar-refractivity contribution in [2.75, 3.05) is 47.4 Å². The first-order valence-corrected chi connectivity index (χ1v) is 7.34. The monoisotopic (exact) mass is 300 g/mol. The van der Waals surface area contributed by atoms with Crippen molar-refractivity contribution in [3.8, 4) is 0 Å².